The van der Waals surface area contributed by atoms with Gasteiger partial charge in [-0.25, -0.2) is 4.98 Å². The number of aromatic nitrogens is 2. The molecule has 3 aromatic rings. The third kappa shape index (κ3) is 3.88. The second-order valence-electron chi connectivity index (χ2n) is 6.04. The van der Waals surface area contributed by atoms with Crippen LogP contribution in [0.1, 0.15) is 24.1 Å². The van der Waals surface area contributed by atoms with E-state index in [0.29, 0.717) is 15.9 Å². The van der Waals surface area contributed by atoms with Crippen molar-refractivity contribution in [1.82, 2.24) is 14.9 Å². The summed E-state index contributed by atoms with van der Waals surface area (Å²) >= 11 is 5.87. The van der Waals surface area contributed by atoms with Gasteiger partial charge in [0.1, 0.15) is 6.54 Å². The van der Waals surface area contributed by atoms with Crippen molar-refractivity contribution < 1.29 is 4.79 Å². The third-order valence-electron chi connectivity index (χ3n) is 4.04. The summed E-state index contributed by atoms with van der Waals surface area (Å²) in [5.41, 5.74) is 2.33. The average molecular weight is 356 g/mol. The molecule has 0 saturated carbocycles. The first-order valence-electron chi connectivity index (χ1n) is 7.94. The number of rotatable bonds is 4. The zero-order chi connectivity index (χ0) is 18.0. The van der Waals surface area contributed by atoms with Crippen LogP contribution in [0.5, 0.6) is 0 Å². The molecule has 3 rings (SSSR count). The Labute approximate surface area is 150 Å². The first-order chi connectivity index (χ1) is 11.9. The van der Waals surface area contributed by atoms with Crippen LogP contribution in [-0.2, 0) is 11.3 Å². The van der Waals surface area contributed by atoms with E-state index in [2.05, 4.69) is 10.3 Å². The topological polar surface area (TPSA) is 64.0 Å². The van der Waals surface area contributed by atoms with Gasteiger partial charge in [0, 0.05) is 5.02 Å². The maximum atomic E-state index is 12.5. The highest BCUT2D eigenvalue weighted by atomic mass is 35.5. The molecule has 0 saturated heterocycles. The molecule has 0 aliphatic rings. The fourth-order valence-electron chi connectivity index (χ4n) is 2.66. The molecule has 0 unspecified atom stereocenters. The molecule has 1 amide bonds. The molecule has 1 atom stereocenters. The van der Waals surface area contributed by atoms with Crippen molar-refractivity contribution in [3.63, 3.8) is 0 Å². The fraction of sp³-hybridized carbons (Fsp3) is 0.211. The van der Waals surface area contributed by atoms with E-state index in [0.717, 1.165) is 11.1 Å². The Morgan fingerprint density at radius 3 is 2.68 bits per heavy atom. The highest BCUT2D eigenvalue weighted by Gasteiger charge is 2.12. The van der Waals surface area contributed by atoms with Crippen LogP contribution in [0.3, 0.4) is 0 Å². The van der Waals surface area contributed by atoms with Gasteiger partial charge in [-0.1, -0.05) is 35.4 Å². The van der Waals surface area contributed by atoms with Crippen LogP contribution in [0, 0.1) is 6.92 Å². The van der Waals surface area contributed by atoms with Gasteiger partial charge in [-0.05, 0) is 43.7 Å². The molecular weight excluding hydrogens is 338 g/mol. The molecular formula is C19H18ClN3O2. The van der Waals surface area contributed by atoms with E-state index in [1.165, 1.54) is 10.9 Å². The Kier molecular flexibility index (Phi) is 4.86. The largest absolute Gasteiger partial charge is 0.348 e. The second-order valence-corrected chi connectivity index (χ2v) is 6.48. The van der Waals surface area contributed by atoms with Gasteiger partial charge in [0.2, 0.25) is 5.91 Å². The van der Waals surface area contributed by atoms with E-state index in [-0.39, 0.29) is 24.1 Å². The lowest BCUT2D eigenvalue weighted by molar-refractivity contribution is -0.122. The van der Waals surface area contributed by atoms with Crippen molar-refractivity contribution in [3.05, 3.63) is 75.3 Å². The second kappa shape index (κ2) is 7.07. The minimum Gasteiger partial charge on any atom is -0.348 e. The number of benzene rings is 2. The number of fused-ring (bicyclic) bond motifs is 1. The number of nitrogens with zero attached hydrogens (tertiary/aromatic N) is 2. The number of carbonyl (C=O) groups excluding carboxylic acids is 1. The number of halogens is 1. The summed E-state index contributed by atoms with van der Waals surface area (Å²) in [6, 6.07) is 12.6. The highest BCUT2D eigenvalue weighted by molar-refractivity contribution is 6.30. The van der Waals surface area contributed by atoms with Gasteiger partial charge in [0.25, 0.3) is 5.56 Å². The van der Waals surface area contributed by atoms with E-state index in [4.69, 9.17) is 11.6 Å². The average Bonchev–Trinajstić information content (AvgIpc) is 2.58. The van der Waals surface area contributed by atoms with Crippen LogP contribution in [0.15, 0.2) is 53.6 Å². The van der Waals surface area contributed by atoms with Crippen molar-refractivity contribution in [2.75, 3.05) is 0 Å². The van der Waals surface area contributed by atoms with E-state index in [1.54, 1.807) is 24.3 Å². The Balaban J connectivity index is 1.76. The molecule has 25 heavy (non-hydrogen) atoms. The van der Waals surface area contributed by atoms with Gasteiger partial charge in [-0.3, -0.25) is 14.2 Å². The van der Waals surface area contributed by atoms with Crippen molar-refractivity contribution in [1.29, 1.82) is 0 Å². The summed E-state index contributed by atoms with van der Waals surface area (Å²) < 4.78 is 1.33. The maximum Gasteiger partial charge on any atom is 0.261 e. The quantitative estimate of drug-likeness (QED) is 0.781. The van der Waals surface area contributed by atoms with Gasteiger partial charge >= 0.3 is 0 Å². The maximum absolute atomic E-state index is 12.5. The number of aryl methyl sites for hydroxylation is 1. The lowest BCUT2D eigenvalue weighted by Gasteiger charge is -2.15. The molecule has 5 nitrogen and oxygen atoms in total. The summed E-state index contributed by atoms with van der Waals surface area (Å²) in [7, 11) is 0. The smallest absolute Gasteiger partial charge is 0.261 e. The first kappa shape index (κ1) is 17.2. The number of hydrogen-bond acceptors (Lipinski definition) is 3. The Bertz CT molecular complexity index is 980. The molecule has 128 valence electrons. The van der Waals surface area contributed by atoms with Gasteiger partial charge in [0.05, 0.1) is 23.3 Å². The summed E-state index contributed by atoms with van der Waals surface area (Å²) in [5, 5.41) is 4.04. The number of hydrogen-bond donors (Lipinski definition) is 1. The lowest BCUT2D eigenvalue weighted by atomic mass is 10.1. The lowest BCUT2D eigenvalue weighted by Crippen LogP contribution is -2.34. The van der Waals surface area contributed by atoms with Crippen molar-refractivity contribution in [3.8, 4) is 0 Å². The van der Waals surface area contributed by atoms with Crippen LogP contribution in [-0.4, -0.2) is 15.5 Å². The molecule has 0 fully saturated rings. The molecule has 0 spiro atoms. The van der Waals surface area contributed by atoms with Crippen LogP contribution in [0.25, 0.3) is 10.9 Å². The first-order valence-corrected chi connectivity index (χ1v) is 8.32. The van der Waals surface area contributed by atoms with Gasteiger partial charge in [-0.2, -0.15) is 0 Å². The molecule has 6 heteroatoms. The van der Waals surface area contributed by atoms with Gasteiger partial charge in [0.15, 0.2) is 0 Å². The number of amides is 1. The monoisotopic (exact) mass is 355 g/mol. The molecule has 1 aromatic heterocycles. The number of nitrogens with one attached hydrogen (secondary N) is 1. The highest BCUT2D eigenvalue weighted by Crippen LogP contribution is 2.16. The van der Waals surface area contributed by atoms with Crippen LogP contribution in [0.4, 0.5) is 0 Å². The summed E-state index contributed by atoms with van der Waals surface area (Å²) in [5.74, 6) is -0.252. The van der Waals surface area contributed by atoms with E-state index < -0.39 is 0 Å². The van der Waals surface area contributed by atoms with Gasteiger partial charge < -0.3 is 5.32 Å². The summed E-state index contributed by atoms with van der Waals surface area (Å²) in [6.45, 7) is 3.72. The Morgan fingerprint density at radius 1 is 1.24 bits per heavy atom. The van der Waals surface area contributed by atoms with Crippen molar-refractivity contribution >= 4 is 28.4 Å². The van der Waals surface area contributed by atoms with Crippen LogP contribution in [0.2, 0.25) is 5.02 Å². The predicted molar refractivity (Wildman–Crippen MR) is 98.7 cm³/mol. The Hall–Kier alpha value is -2.66. The zero-order valence-corrected chi connectivity index (χ0v) is 14.7. The van der Waals surface area contributed by atoms with Gasteiger partial charge in [-0.15, -0.1) is 0 Å². The Morgan fingerprint density at radius 2 is 1.96 bits per heavy atom. The summed E-state index contributed by atoms with van der Waals surface area (Å²) in [4.78, 5) is 29.1. The molecule has 1 N–H and O–H groups in total. The number of carbonyl (C=O) groups is 1. The molecule has 0 bridgehead atoms. The van der Waals surface area contributed by atoms with E-state index >= 15 is 0 Å². The molecule has 0 aliphatic heterocycles. The normalized spacial score (nSPS) is 12.1. The standard InChI is InChI=1S/C19H18ClN3O2/c1-12-3-8-17-16(9-12)19(25)23(11-21-17)10-18(24)22-13(2)14-4-6-15(20)7-5-14/h3-9,11,13H,10H2,1-2H3,(H,22,24)/t13-/m0/s1. The van der Waals surface area contributed by atoms with Crippen LogP contribution >= 0.6 is 11.6 Å². The molecule has 1 heterocycles. The molecule has 2 aromatic carbocycles. The van der Waals surface area contributed by atoms with Crippen LogP contribution < -0.4 is 10.9 Å². The molecule has 0 radical (unpaired) electrons. The predicted octanol–water partition coefficient (Wildman–Crippen LogP) is 3.24. The van der Waals surface area contributed by atoms with Crippen molar-refractivity contribution in [2.24, 2.45) is 0 Å². The SMILES string of the molecule is Cc1ccc2ncn(CC(=O)N[C@@H](C)c3ccc(Cl)cc3)c(=O)c2c1. The fourth-order valence-corrected chi connectivity index (χ4v) is 2.79. The van der Waals surface area contributed by atoms with E-state index in [9.17, 15) is 9.59 Å². The van der Waals surface area contributed by atoms with Crippen molar-refractivity contribution in [2.45, 2.75) is 26.4 Å². The minimum absolute atomic E-state index is 0.0757. The zero-order valence-electron chi connectivity index (χ0n) is 14.0. The summed E-state index contributed by atoms with van der Waals surface area (Å²) in [6.07, 6.45) is 1.41. The molecule has 0 aliphatic carbocycles. The minimum atomic E-state index is -0.252. The van der Waals surface area contributed by atoms with E-state index in [1.807, 2.05) is 32.0 Å². The third-order valence-corrected chi connectivity index (χ3v) is 4.29.